The van der Waals surface area contributed by atoms with Gasteiger partial charge in [0.15, 0.2) is 5.69 Å². The number of carbonyl (C=O) groups is 1. The lowest BCUT2D eigenvalue weighted by atomic mass is 10.0. The molecule has 0 bridgehead atoms. The second kappa shape index (κ2) is 9.13. The highest BCUT2D eigenvalue weighted by Gasteiger charge is 2.20. The fourth-order valence-electron chi connectivity index (χ4n) is 3.59. The number of aromatic nitrogens is 2. The van der Waals surface area contributed by atoms with Crippen LogP contribution in [0.5, 0.6) is 5.75 Å². The van der Waals surface area contributed by atoms with E-state index in [0.717, 1.165) is 42.8 Å². The summed E-state index contributed by atoms with van der Waals surface area (Å²) in [5.74, 6) is 0.952. The summed E-state index contributed by atoms with van der Waals surface area (Å²) in [6, 6.07) is 15.7. The van der Waals surface area contributed by atoms with Crippen LogP contribution in [0.3, 0.4) is 0 Å². The van der Waals surface area contributed by atoms with E-state index < -0.39 is 0 Å². The Morgan fingerprint density at radius 1 is 1.17 bits per heavy atom. The van der Waals surface area contributed by atoms with Gasteiger partial charge in [-0.3, -0.25) is 4.79 Å². The SMILES string of the molecule is COc1ccc(NC(=O)c2nc(N3CCCC3)ncc2Cl)cc1Cc1ccccc1. The average molecular weight is 423 g/mol. The predicted octanol–water partition coefficient (Wildman–Crippen LogP) is 4.58. The molecule has 154 valence electrons. The van der Waals surface area contributed by atoms with Gasteiger partial charge in [0.1, 0.15) is 5.75 Å². The van der Waals surface area contributed by atoms with Crippen molar-refractivity contribution in [2.75, 3.05) is 30.4 Å². The van der Waals surface area contributed by atoms with Crippen LogP contribution in [-0.2, 0) is 6.42 Å². The third-order valence-electron chi connectivity index (χ3n) is 5.11. The molecule has 30 heavy (non-hydrogen) atoms. The minimum atomic E-state index is -0.362. The standard InChI is InChI=1S/C23H23ClN4O2/c1-30-20-10-9-18(14-17(20)13-16-7-3-2-4-8-16)26-22(29)21-19(24)15-25-23(27-21)28-11-5-6-12-28/h2-4,7-10,14-15H,5-6,11-13H2,1H3,(H,26,29). The number of ether oxygens (including phenoxy) is 1. The number of anilines is 2. The van der Waals surface area contributed by atoms with Crippen LogP contribution in [0.15, 0.2) is 54.7 Å². The van der Waals surface area contributed by atoms with Crippen LogP contribution in [0.25, 0.3) is 0 Å². The molecule has 6 nitrogen and oxygen atoms in total. The van der Waals surface area contributed by atoms with E-state index in [2.05, 4.69) is 32.3 Å². The molecule has 4 rings (SSSR count). The Morgan fingerprint density at radius 3 is 2.67 bits per heavy atom. The molecule has 7 heteroatoms. The van der Waals surface area contributed by atoms with E-state index in [9.17, 15) is 4.79 Å². The maximum Gasteiger partial charge on any atom is 0.276 e. The highest BCUT2D eigenvalue weighted by Crippen LogP contribution is 2.26. The summed E-state index contributed by atoms with van der Waals surface area (Å²) in [5, 5.41) is 3.14. The number of halogens is 1. The summed E-state index contributed by atoms with van der Waals surface area (Å²) in [6.07, 6.45) is 4.39. The first-order chi connectivity index (χ1) is 14.6. The van der Waals surface area contributed by atoms with Gasteiger partial charge >= 0.3 is 0 Å². The van der Waals surface area contributed by atoms with Crippen LogP contribution >= 0.6 is 11.6 Å². The van der Waals surface area contributed by atoms with Gasteiger partial charge in [0.25, 0.3) is 5.91 Å². The number of nitrogens with one attached hydrogen (secondary N) is 1. The van der Waals surface area contributed by atoms with Gasteiger partial charge < -0.3 is 15.0 Å². The topological polar surface area (TPSA) is 67.3 Å². The highest BCUT2D eigenvalue weighted by molar-refractivity contribution is 6.34. The van der Waals surface area contributed by atoms with E-state index in [4.69, 9.17) is 16.3 Å². The maximum absolute atomic E-state index is 12.9. The molecular formula is C23H23ClN4O2. The number of hydrogen-bond acceptors (Lipinski definition) is 5. The van der Waals surface area contributed by atoms with Crippen molar-refractivity contribution < 1.29 is 9.53 Å². The zero-order valence-electron chi connectivity index (χ0n) is 16.8. The van der Waals surface area contributed by atoms with Gasteiger partial charge in [-0.2, -0.15) is 0 Å². The Morgan fingerprint density at radius 2 is 1.93 bits per heavy atom. The van der Waals surface area contributed by atoms with Crippen LogP contribution in [0.2, 0.25) is 5.02 Å². The van der Waals surface area contributed by atoms with Crippen LogP contribution in [-0.4, -0.2) is 36.1 Å². The molecule has 0 atom stereocenters. The van der Waals surface area contributed by atoms with Crippen molar-refractivity contribution in [2.45, 2.75) is 19.3 Å². The van der Waals surface area contributed by atoms with Crippen LogP contribution in [0.4, 0.5) is 11.6 Å². The second-order valence-corrected chi connectivity index (χ2v) is 7.61. The van der Waals surface area contributed by atoms with E-state index in [1.54, 1.807) is 7.11 Å². The lowest BCUT2D eigenvalue weighted by molar-refractivity contribution is 0.102. The first-order valence-corrected chi connectivity index (χ1v) is 10.3. The molecule has 1 aromatic heterocycles. The monoisotopic (exact) mass is 422 g/mol. The minimum Gasteiger partial charge on any atom is -0.496 e. The van der Waals surface area contributed by atoms with Crippen molar-refractivity contribution in [3.8, 4) is 5.75 Å². The molecule has 2 heterocycles. The van der Waals surface area contributed by atoms with Crippen molar-refractivity contribution in [3.05, 3.63) is 76.6 Å². The molecule has 1 N–H and O–H groups in total. The number of carbonyl (C=O) groups excluding carboxylic acids is 1. The number of nitrogens with zero attached hydrogens (tertiary/aromatic N) is 3. The van der Waals surface area contributed by atoms with Gasteiger partial charge in [-0.15, -0.1) is 0 Å². The van der Waals surface area contributed by atoms with Crippen molar-refractivity contribution >= 4 is 29.1 Å². The lowest BCUT2D eigenvalue weighted by Gasteiger charge is -2.16. The first-order valence-electron chi connectivity index (χ1n) is 9.94. The summed E-state index contributed by atoms with van der Waals surface area (Å²) in [7, 11) is 1.64. The Hall–Kier alpha value is -3.12. The predicted molar refractivity (Wildman–Crippen MR) is 119 cm³/mol. The smallest absolute Gasteiger partial charge is 0.276 e. The van der Waals surface area contributed by atoms with Gasteiger partial charge in [0.05, 0.1) is 18.3 Å². The highest BCUT2D eigenvalue weighted by atomic mass is 35.5. The zero-order chi connectivity index (χ0) is 20.9. The summed E-state index contributed by atoms with van der Waals surface area (Å²) in [5.41, 5.74) is 2.97. The molecule has 1 saturated heterocycles. The Balaban J connectivity index is 1.56. The van der Waals surface area contributed by atoms with Gasteiger partial charge in [-0.25, -0.2) is 9.97 Å². The van der Waals surface area contributed by atoms with E-state index in [1.807, 2.05) is 36.4 Å². The molecule has 1 amide bonds. The van der Waals surface area contributed by atoms with Crippen molar-refractivity contribution in [1.82, 2.24) is 9.97 Å². The minimum absolute atomic E-state index is 0.175. The number of benzene rings is 2. The molecule has 0 spiro atoms. The van der Waals surface area contributed by atoms with Crippen molar-refractivity contribution in [3.63, 3.8) is 0 Å². The van der Waals surface area contributed by atoms with E-state index >= 15 is 0 Å². The summed E-state index contributed by atoms with van der Waals surface area (Å²) in [6.45, 7) is 1.79. The van der Waals surface area contributed by atoms with Gasteiger partial charge in [-0.1, -0.05) is 41.9 Å². The quantitative estimate of drug-likeness (QED) is 0.629. The molecular weight excluding hydrogens is 400 g/mol. The lowest BCUT2D eigenvalue weighted by Crippen LogP contribution is -2.23. The fraction of sp³-hybridized carbons (Fsp3) is 0.261. The normalized spacial score (nSPS) is 13.3. The molecule has 0 unspecified atom stereocenters. The first kappa shape index (κ1) is 20.2. The largest absolute Gasteiger partial charge is 0.496 e. The Labute approximate surface area is 180 Å². The van der Waals surface area contributed by atoms with Crippen molar-refractivity contribution in [2.24, 2.45) is 0 Å². The summed E-state index contributed by atoms with van der Waals surface area (Å²) < 4.78 is 5.49. The number of methoxy groups -OCH3 is 1. The third kappa shape index (κ3) is 4.54. The number of hydrogen-bond donors (Lipinski definition) is 1. The van der Waals surface area contributed by atoms with E-state index in [1.165, 1.54) is 6.20 Å². The van der Waals surface area contributed by atoms with Crippen LogP contribution in [0.1, 0.15) is 34.5 Å². The van der Waals surface area contributed by atoms with Gasteiger partial charge in [0, 0.05) is 30.8 Å². The Bertz CT molecular complexity index is 1040. The van der Waals surface area contributed by atoms with Crippen LogP contribution < -0.4 is 15.0 Å². The maximum atomic E-state index is 12.9. The second-order valence-electron chi connectivity index (χ2n) is 7.20. The molecule has 2 aromatic carbocycles. The number of rotatable bonds is 6. The van der Waals surface area contributed by atoms with Crippen LogP contribution in [0, 0.1) is 0 Å². The zero-order valence-corrected chi connectivity index (χ0v) is 17.5. The number of amides is 1. The molecule has 3 aromatic rings. The van der Waals surface area contributed by atoms with Crippen molar-refractivity contribution in [1.29, 1.82) is 0 Å². The average Bonchev–Trinajstić information content (AvgIpc) is 3.30. The van der Waals surface area contributed by atoms with E-state index in [0.29, 0.717) is 18.1 Å². The summed E-state index contributed by atoms with van der Waals surface area (Å²) >= 11 is 6.23. The molecule has 0 radical (unpaired) electrons. The molecule has 1 fully saturated rings. The van der Waals surface area contributed by atoms with E-state index in [-0.39, 0.29) is 16.6 Å². The third-order valence-corrected chi connectivity index (χ3v) is 5.39. The summed E-state index contributed by atoms with van der Waals surface area (Å²) in [4.78, 5) is 23.7. The molecule has 0 aliphatic carbocycles. The van der Waals surface area contributed by atoms with Gasteiger partial charge in [0.2, 0.25) is 5.95 Å². The van der Waals surface area contributed by atoms with Gasteiger partial charge in [-0.05, 0) is 36.6 Å². The molecule has 1 aliphatic heterocycles. The fourth-order valence-corrected chi connectivity index (χ4v) is 3.76. The Kier molecular flexibility index (Phi) is 6.14. The molecule has 1 aliphatic rings. The molecule has 0 saturated carbocycles.